The maximum absolute atomic E-state index is 4.47. The Hall–Kier alpha value is -1.14. The summed E-state index contributed by atoms with van der Waals surface area (Å²) in [5.74, 6) is 2.21. The Balaban J connectivity index is 1.51. The Morgan fingerprint density at radius 2 is 0.880 bits per heavy atom. The van der Waals surface area contributed by atoms with Gasteiger partial charge < -0.3 is 0 Å². The van der Waals surface area contributed by atoms with Crippen molar-refractivity contribution in [2.75, 3.05) is 11.5 Å². The van der Waals surface area contributed by atoms with Gasteiger partial charge in [0.1, 0.15) is 0 Å². The van der Waals surface area contributed by atoms with E-state index in [0.29, 0.717) is 0 Å². The molecule has 0 bridgehead atoms. The normalized spacial score (nSPS) is 11.0. The van der Waals surface area contributed by atoms with Crippen LogP contribution in [-0.2, 0) is 0 Å². The second-order valence-corrected chi connectivity index (χ2v) is 8.46. The number of thioether (sulfide) groups is 2. The van der Waals surface area contributed by atoms with Crippen molar-refractivity contribution in [2.45, 2.75) is 70.1 Å². The largest absolute Gasteiger partial charge is 0.228 e. The average Bonchev–Trinajstić information content (AvgIpc) is 2.51. The number of aryl methyl sites for hydroxylation is 4. The smallest absolute Gasteiger partial charge is 0.187 e. The molecule has 136 valence electrons. The maximum atomic E-state index is 4.47. The second-order valence-electron chi connectivity index (χ2n) is 6.33. The molecule has 0 saturated heterocycles. The van der Waals surface area contributed by atoms with Crippen LogP contribution in [0.25, 0.3) is 0 Å². The first-order valence-corrected chi connectivity index (χ1v) is 10.9. The zero-order valence-electron chi connectivity index (χ0n) is 15.7. The molecule has 2 aromatic rings. The van der Waals surface area contributed by atoms with E-state index in [1.165, 1.54) is 32.1 Å². The summed E-state index contributed by atoms with van der Waals surface area (Å²) in [5.41, 5.74) is 4.22. The lowest BCUT2D eigenvalue weighted by atomic mass is 10.2. The zero-order valence-corrected chi connectivity index (χ0v) is 17.3. The molecular weight excluding hydrogens is 348 g/mol. The summed E-state index contributed by atoms with van der Waals surface area (Å²) in [6, 6.07) is 4.04. The highest BCUT2D eigenvalue weighted by molar-refractivity contribution is 7.99. The minimum atomic E-state index is 0.919. The van der Waals surface area contributed by atoms with Gasteiger partial charge in [-0.15, -0.1) is 0 Å². The first-order chi connectivity index (χ1) is 12.0. The van der Waals surface area contributed by atoms with Crippen LogP contribution in [0, 0.1) is 27.7 Å². The van der Waals surface area contributed by atoms with E-state index < -0.39 is 0 Å². The third-order valence-corrected chi connectivity index (χ3v) is 5.54. The first-order valence-electron chi connectivity index (χ1n) is 8.93. The van der Waals surface area contributed by atoms with Crippen LogP contribution in [0.2, 0.25) is 0 Å². The third kappa shape index (κ3) is 8.19. The van der Waals surface area contributed by atoms with Crippen molar-refractivity contribution in [3.63, 3.8) is 0 Å². The number of rotatable bonds is 10. The number of hydrogen-bond donors (Lipinski definition) is 0. The third-order valence-electron chi connectivity index (χ3n) is 3.67. The fourth-order valence-electron chi connectivity index (χ4n) is 2.58. The SMILES string of the molecule is Cc1cc(C)nc(SCCCCCCCSc2nc(C)cc(C)n2)n1. The Morgan fingerprint density at radius 3 is 1.24 bits per heavy atom. The van der Waals surface area contributed by atoms with Crippen molar-refractivity contribution >= 4 is 23.5 Å². The van der Waals surface area contributed by atoms with Gasteiger partial charge in [0, 0.05) is 34.3 Å². The monoisotopic (exact) mass is 376 g/mol. The van der Waals surface area contributed by atoms with Crippen molar-refractivity contribution in [3.05, 3.63) is 34.9 Å². The Labute approximate surface area is 160 Å². The predicted molar refractivity (Wildman–Crippen MR) is 108 cm³/mol. The molecule has 0 aliphatic carbocycles. The summed E-state index contributed by atoms with van der Waals surface area (Å²) in [5, 5.41) is 1.84. The molecule has 0 amide bonds. The van der Waals surface area contributed by atoms with Crippen LogP contribution in [0.3, 0.4) is 0 Å². The van der Waals surface area contributed by atoms with Gasteiger partial charge in [-0.3, -0.25) is 0 Å². The van der Waals surface area contributed by atoms with Gasteiger partial charge in [-0.2, -0.15) is 0 Å². The molecule has 4 nitrogen and oxygen atoms in total. The zero-order chi connectivity index (χ0) is 18.1. The van der Waals surface area contributed by atoms with Gasteiger partial charge in [0.05, 0.1) is 0 Å². The van der Waals surface area contributed by atoms with Crippen molar-refractivity contribution < 1.29 is 0 Å². The van der Waals surface area contributed by atoms with E-state index in [2.05, 4.69) is 19.9 Å². The predicted octanol–water partition coefficient (Wildman–Crippen LogP) is 5.34. The Kier molecular flexibility index (Phi) is 8.68. The van der Waals surface area contributed by atoms with Crippen LogP contribution in [0.1, 0.15) is 54.9 Å². The lowest BCUT2D eigenvalue weighted by molar-refractivity contribution is 0.662. The highest BCUT2D eigenvalue weighted by Crippen LogP contribution is 2.19. The van der Waals surface area contributed by atoms with Gasteiger partial charge in [0.2, 0.25) is 0 Å². The summed E-state index contributed by atoms with van der Waals surface area (Å²) < 4.78 is 0. The number of unbranched alkanes of at least 4 members (excludes halogenated alkanes) is 4. The van der Waals surface area contributed by atoms with Crippen LogP contribution in [0.15, 0.2) is 22.4 Å². The van der Waals surface area contributed by atoms with E-state index in [1.807, 2.05) is 39.8 Å². The molecular formula is C19H28N4S2. The van der Waals surface area contributed by atoms with Gasteiger partial charge in [0.15, 0.2) is 10.3 Å². The van der Waals surface area contributed by atoms with Crippen LogP contribution in [0.4, 0.5) is 0 Å². The van der Waals surface area contributed by atoms with E-state index in [9.17, 15) is 0 Å². The fourth-order valence-corrected chi connectivity index (χ4v) is 4.47. The summed E-state index contributed by atoms with van der Waals surface area (Å²) in [6.07, 6.45) is 6.32. The van der Waals surface area contributed by atoms with Crippen LogP contribution in [-0.4, -0.2) is 31.4 Å². The van der Waals surface area contributed by atoms with E-state index in [4.69, 9.17) is 0 Å². The highest BCUT2D eigenvalue weighted by atomic mass is 32.2. The molecule has 0 spiro atoms. The van der Waals surface area contributed by atoms with Gasteiger partial charge in [-0.05, 0) is 52.7 Å². The minimum Gasteiger partial charge on any atom is -0.228 e. The number of nitrogens with zero attached hydrogens (tertiary/aromatic N) is 4. The maximum Gasteiger partial charge on any atom is 0.187 e. The summed E-state index contributed by atoms with van der Waals surface area (Å²) in [4.78, 5) is 17.9. The molecule has 0 aliphatic heterocycles. The molecule has 0 aliphatic rings. The first kappa shape index (κ1) is 20.2. The molecule has 25 heavy (non-hydrogen) atoms. The summed E-state index contributed by atoms with van der Waals surface area (Å²) >= 11 is 3.55. The standard InChI is InChI=1S/C19H28N4S2/c1-14-12-15(2)21-18(20-14)24-10-8-6-5-7-9-11-25-19-22-16(3)13-17(4)23-19/h12-13H,5-11H2,1-4H3. The van der Waals surface area contributed by atoms with Crippen molar-refractivity contribution in [3.8, 4) is 0 Å². The van der Waals surface area contributed by atoms with Gasteiger partial charge in [-0.25, -0.2) is 19.9 Å². The van der Waals surface area contributed by atoms with E-state index in [-0.39, 0.29) is 0 Å². The molecule has 2 aromatic heterocycles. The van der Waals surface area contributed by atoms with Crippen molar-refractivity contribution in [2.24, 2.45) is 0 Å². The molecule has 0 saturated carbocycles. The van der Waals surface area contributed by atoms with Crippen molar-refractivity contribution in [1.29, 1.82) is 0 Å². The van der Waals surface area contributed by atoms with Crippen molar-refractivity contribution in [1.82, 2.24) is 19.9 Å². The van der Waals surface area contributed by atoms with E-state index in [1.54, 1.807) is 23.5 Å². The minimum absolute atomic E-state index is 0.919. The molecule has 0 N–H and O–H groups in total. The highest BCUT2D eigenvalue weighted by Gasteiger charge is 2.02. The molecule has 0 radical (unpaired) electrons. The van der Waals surface area contributed by atoms with Crippen LogP contribution < -0.4 is 0 Å². The second kappa shape index (κ2) is 10.8. The average molecular weight is 377 g/mol. The molecule has 0 aromatic carbocycles. The number of aromatic nitrogens is 4. The van der Waals surface area contributed by atoms with Gasteiger partial charge >= 0.3 is 0 Å². The molecule has 0 fully saturated rings. The molecule has 2 heterocycles. The van der Waals surface area contributed by atoms with Gasteiger partial charge in [0.25, 0.3) is 0 Å². The van der Waals surface area contributed by atoms with Gasteiger partial charge in [-0.1, -0.05) is 42.8 Å². The number of hydrogen-bond acceptors (Lipinski definition) is 6. The van der Waals surface area contributed by atoms with Crippen LogP contribution in [0.5, 0.6) is 0 Å². The molecule has 2 rings (SSSR count). The Bertz CT molecular complexity index is 578. The summed E-state index contributed by atoms with van der Waals surface area (Å²) in [6.45, 7) is 8.11. The Morgan fingerprint density at radius 1 is 0.560 bits per heavy atom. The van der Waals surface area contributed by atoms with E-state index in [0.717, 1.165) is 44.6 Å². The fraction of sp³-hybridized carbons (Fsp3) is 0.579. The molecule has 0 unspecified atom stereocenters. The summed E-state index contributed by atoms with van der Waals surface area (Å²) in [7, 11) is 0. The lowest BCUT2D eigenvalue weighted by Gasteiger charge is -2.04. The topological polar surface area (TPSA) is 51.6 Å². The molecule has 6 heteroatoms. The lowest BCUT2D eigenvalue weighted by Crippen LogP contribution is -1.94. The van der Waals surface area contributed by atoms with E-state index >= 15 is 0 Å². The van der Waals surface area contributed by atoms with Crippen LogP contribution >= 0.6 is 23.5 Å². The quantitative estimate of drug-likeness (QED) is 0.317. The molecule has 0 atom stereocenters.